The highest BCUT2D eigenvalue weighted by atomic mass is 16.5. The fourth-order valence-corrected chi connectivity index (χ4v) is 2.21. The second kappa shape index (κ2) is 5.97. The number of hydrogen-bond acceptors (Lipinski definition) is 5. The van der Waals surface area contributed by atoms with Crippen LogP contribution in [0.3, 0.4) is 0 Å². The number of benzene rings is 1. The number of methoxy groups -OCH3 is 1. The minimum Gasteiger partial charge on any atom is -0.493 e. The first kappa shape index (κ1) is 14.3. The van der Waals surface area contributed by atoms with Gasteiger partial charge in [-0.2, -0.15) is 0 Å². The molecule has 3 rings (SSSR count). The van der Waals surface area contributed by atoms with Crippen LogP contribution in [0.25, 0.3) is 22.3 Å². The average Bonchev–Trinajstić information content (AvgIpc) is 2.54. The van der Waals surface area contributed by atoms with Crippen LogP contribution in [-0.2, 0) is 0 Å². The zero-order valence-corrected chi connectivity index (χ0v) is 12.8. The molecule has 112 valence electrons. The van der Waals surface area contributed by atoms with E-state index in [1.54, 1.807) is 13.3 Å². The van der Waals surface area contributed by atoms with Crippen LogP contribution in [0.4, 0.5) is 0 Å². The third kappa shape index (κ3) is 2.83. The highest BCUT2D eigenvalue weighted by molar-refractivity contribution is 5.77. The van der Waals surface area contributed by atoms with E-state index in [2.05, 4.69) is 15.0 Å². The Morgan fingerprint density at radius 3 is 2.64 bits per heavy atom. The van der Waals surface area contributed by atoms with E-state index in [4.69, 9.17) is 9.47 Å². The normalized spacial score (nSPS) is 10.9. The number of fused-ring (bicyclic) bond motifs is 1. The Bertz CT molecular complexity index is 803. The Balaban J connectivity index is 2.05. The molecule has 5 nitrogen and oxygen atoms in total. The monoisotopic (exact) mass is 295 g/mol. The van der Waals surface area contributed by atoms with Gasteiger partial charge in [0.25, 0.3) is 0 Å². The highest BCUT2D eigenvalue weighted by Crippen LogP contribution is 2.33. The lowest BCUT2D eigenvalue weighted by molar-refractivity contribution is 0.230. The van der Waals surface area contributed by atoms with Crippen molar-refractivity contribution in [3.63, 3.8) is 0 Å². The largest absolute Gasteiger partial charge is 0.493 e. The van der Waals surface area contributed by atoms with Gasteiger partial charge >= 0.3 is 0 Å². The summed E-state index contributed by atoms with van der Waals surface area (Å²) in [4.78, 5) is 12.8. The van der Waals surface area contributed by atoms with Gasteiger partial charge in [0.1, 0.15) is 11.8 Å². The van der Waals surface area contributed by atoms with Crippen molar-refractivity contribution < 1.29 is 9.47 Å². The molecule has 0 aliphatic heterocycles. The molecule has 2 aromatic heterocycles. The Morgan fingerprint density at radius 2 is 1.86 bits per heavy atom. The first-order valence-corrected chi connectivity index (χ1v) is 7.09. The molecule has 3 aromatic rings. The molecular weight excluding hydrogens is 278 g/mol. The summed E-state index contributed by atoms with van der Waals surface area (Å²) < 4.78 is 11.2. The van der Waals surface area contributed by atoms with Gasteiger partial charge in [-0.05, 0) is 44.2 Å². The fourth-order valence-electron chi connectivity index (χ4n) is 2.21. The van der Waals surface area contributed by atoms with Crippen LogP contribution in [0.5, 0.6) is 11.5 Å². The van der Waals surface area contributed by atoms with Crippen molar-refractivity contribution in [1.29, 1.82) is 0 Å². The van der Waals surface area contributed by atoms with E-state index in [9.17, 15) is 0 Å². The van der Waals surface area contributed by atoms with Crippen molar-refractivity contribution >= 4 is 11.0 Å². The molecule has 0 atom stereocenters. The lowest BCUT2D eigenvalue weighted by Crippen LogP contribution is -2.06. The number of nitrogens with zero attached hydrogens (tertiary/aromatic N) is 3. The van der Waals surface area contributed by atoms with Crippen LogP contribution in [0.1, 0.15) is 13.8 Å². The first-order valence-electron chi connectivity index (χ1n) is 7.09. The Kier molecular flexibility index (Phi) is 3.87. The second-order valence-corrected chi connectivity index (χ2v) is 5.16. The van der Waals surface area contributed by atoms with E-state index in [1.807, 2.05) is 44.2 Å². The van der Waals surface area contributed by atoms with Crippen molar-refractivity contribution in [2.24, 2.45) is 0 Å². The van der Waals surface area contributed by atoms with Crippen LogP contribution < -0.4 is 9.47 Å². The summed E-state index contributed by atoms with van der Waals surface area (Å²) in [5, 5.41) is 0. The van der Waals surface area contributed by atoms with E-state index < -0.39 is 0 Å². The molecule has 1 aromatic carbocycles. The van der Waals surface area contributed by atoms with E-state index >= 15 is 0 Å². The smallest absolute Gasteiger partial charge is 0.162 e. The summed E-state index contributed by atoms with van der Waals surface area (Å²) in [6.45, 7) is 3.97. The number of aromatic nitrogens is 3. The van der Waals surface area contributed by atoms with E-state index in [0.29, 0.717) is 11.5 Å². The molecule has 22 heavy (non-hydrogen) atoms. The Morgan fingerprint density at radius 1 is 1.00 bits per heavy atom. The minimum absolute atomic E-state index is 0.0714. The molecule has 5 heteroatoms. The van der Waals surface area contributed by atoms with Gasteiger partial charge < -0.3 is 9.47 Å². The van der Waals surface area contributed by atoms with Gasteiger partial charge in [0, 0.05) is 5.56 Å². The second-order valence-electron chi connectivity index (χ2n) is 5.16. The van der Waals surface area contributed by atoms with Crippen molar-refractivity contribution in [2.45, 2.75) is 20.0 Å². The standard InChI is InChI=1S/C17H17N3O2/c1-11(2)22-17-8-12(4-7-16(17)21-3)13-5-6-14-15(20-13)9-18-10-19-14/h4-11H,1-3H3. The number of ether oxygens (including phenoxy) is 2. The van der Waals surface area contributed by atoms with Gasteiger partial charge in [-0.1, -0.05) is 0 Å². The zero-order valence-electron chi connectivity index (χ0n) is 12.8. The van der Waals surface area contributed by atoms with Gasteiger partial charge in [0.05, 0.1) is 30.6 Å². The minimum atomic E-state index is 0.0714. The van der Waals surface area contributed by atoms with Gasteiger partial charge in [0.2, 0.25) is 0 Å². The quantitative estimate of drug-likeness (QED) is 0.737. The van der Waals surface area contributed by atoms with Gasteiger partial charge in [-0.15, -0.1) is 0 Å². The van der Waals surface area contributed by atoms with Crippen LogP contribution in [0, 0.1) is 0 Å². The van der Waals surface area contributed by atoms with Crippen molar-refractivity contribution in [3.05, 3.63) is 42.9 Å². The summed E-state index contributed by atoms with van der Waals surface area (Å²) >= 11 is 0. The summed E-state index contributed by atoms with van der Waals surface area (Å²) in [6.07, 6.45) is 3.30. The van der Waals surface area contributed by atoms with Crippen molar-refractivity contribution in [2.75, 3.05) is 7.11 Å². The highest BCUT2D eigenvalue weighted by Gasteiger charge is 2.10. The molecule has 0 spiro atoms. The van der Waals surface area contributed by atoms with E-state index in [0.717, 1.165) is 22.3 Å². The predicted molar refractivity (Wildman–Crippen MR) is 85.1 cm³/mol. The maximum atomic E-state index is 5.81. The first-order chi connectivity index (χ1) is 10.7. The molecule has 0 amide bonds. The molecule has 0 N–H and O–H groups in total. The number of pyridine rings is 1. The van der Waals surface area contributed by atoms with Crippen LogP contribution >= 0.6 is 0 Å². The van der Waals surface area contributed by atoms with Crippen LogP contribution in [0.15, 0.2) is 42.9 Å². The summed E-state index contributed by atoms with van der Waals surface area (Å²) in [6, 6.07) is 9.67. The van der Waals surface area contributed by atoms with E-state index in [1.165, 1.54) is 6.33 Å². The predicted octanol–water partition coefficient (Wildman–Crippen LogP) is 3.49. The van der Waals surface area contributed by atoms with Crippen molar-refractivity contribution in [3.8, 4) is 22.8 Å². The SMILES string of the molecule is COc1ccc(-c2ccc3ncncc3n2)cc1OC(C)C. The average molecular weight is 295 g/mol. The summed E-state index contributed by atoms with van der Waals surface area (Å²) in [7, 11) is 1.63. The lowest BCUT2D eigenvalue weighted by Gasteiger charge is -2.14. The number of hydrogen-bond donors (Lipinski definition) is 0. The Hall–Kier alpha value is -2.69. The molecular formula is C17H17N3O2. The van der Waals surface area contributed by atoms with Gasteiger partial charge in [-0.25, -0.2) is 15.0 Å². The Labute approximate surface area is 129 Å². The van der Waals surface area contributed by atoms with Gasteiger partial charge in [-0.3, -0.25) is 0 Å². The molecule has 0 saturated carbocycles. The van der Waals surface area contributed by atoms with Crippen molar-refractivity contribution in [1.82, 2.24) is 15.0 Å². The molecule has 0 saturated heterocycles. The maximum Gasteiger partial charge on any atom is 0.162 e. The third-order valence-electron chi connectivity index (χ3n) is 3.18. The zero-order chi connectivity index (χ0) is 15.5. The summed E-state index contributed by atoms with van der Waals surface area (Å²) in [5.41, 5.74) is 3.40. The van der Waals surface area contributed by atoms with E-state index in [-0.39, 0.29) is 6.10 Å². The maximum absolute atomic E-state index is 5.81. The number of rotatable bonds is 4. The topological polar surface area (TPSA) is 57.1 Å². The molecule has 0 radical (unpaired) electrons. The summed E-state index contributed by atoms with van der Waals surface area (Å²) in [5.74, 6) is 1.42. The molecule has 2 heterocycles. The fraction of sp³-hybridized carbons (Fsp3) is 0.235. The molecule has 0 unspecified atom stereocenters. The van der Waals surface area contributed by atoms with Crippen LogP contribution in [0.2, 0.25) is 0 Å². The molecule has 0 fully saturated rings. The lowest BCUT2D eigenvalue weighted by atomic mass is 10.1. The molecule has 0 aliphatic rings. The molecule has 0 bridgehead atoms. The molecule has 0 aliphatic carbocycles. The van der Waals surface area contributed by atoms with Crippen LogP contribution in [-0.4, -0.2) is 28.2 Å². The van der Waals surface area contributed by atoms with Gasteiger partial charge in [0.15, 0.2) is 11.5 Å². The third-order valence-corrected chi connectivity index (χ3v) is 3.18.